The van der Waals surface area contributed by atoms with Crippen LogP contribution >= 0.6 is 11.6 Å². The van der Waals surface area contributed by atoms with Crippen molar-refractivity contribution >= 4 is 34.8 Å². The first-order valence-corrected chi connectivity index (χ1v) is 16.8. The van der Waals surface area contributed by atoms with Crippen molar-refractivity contribution in [2.24, 2.45) is 0 Å². The van der Waals surface area contributed by atoms with Gasteiger partial charge in [-0.15, -0.1) is 0 Å². The van der Waals surface area contributed by atoms with Crippen LogP contribution in [0.15, 0.2) is 146 Å². The SMILES string of the molecule is C.CCc1ccccc1.O=C1c2cc(Cc3ccccc3)ccc2CN1c1ccccc1F.O=C1c2cc(Cl)ccc2CN1c1ccccc1F.[K+]. The van der Waals surface area contributed by atoms with Gasteiger partial charge in [-0.1, -0.05) is 129 Å². The predicted molar refractivity (Wildman–Crippen MR) is 204 cm³/mol. The second-order valence-corrected chi connectivity index (χ2v) is 12.4. The second kappa shape index (κ2) is 19.2. The molecule has 0 fully saturated rings. The van der Waals surface area contributed by atoms with Crippen LogP contribution in [0.25, 0.3) is 0 Å². The topological polar surface area (TPSA) is 40.6 Å². The van der Waals surface area contributed by atoms with Gasteiger partial charge in [0.1, 0.15) is 11.6 Å². The molecule has 8 heteroatoms. The minimum Gasteiger partial charge on any atom is -0.301 e. The molecule has 0 atom stereocenters. The number of fused-ring (bicyclic) bond motifs is 2. The number of rotatable bonds is 5. The molecule has 6 aromatic rings. The number of aryl methyl sites for hydroxylation is 1. The van der Waals surface area contributed by atoms with E-state index in [1.54, 1.807) is 54.6 Å². The van der Waals surface area contributed by atoms with Crippen LogP contribution in [0.4, 0.5) is 20.2 Å². The molecular weight excluding hydrogens is 701 g/mol. The molecule has 0 bridgehead atoms. The maximum atomic E-state index is 14.0. The van der Waals surface area contributed by atoms with Crippen LogP contribution in [0.2, 0.25) is 5.02 Å². The van der Waals surface area contributed by atoms with E-state index >= 15 is 0 Å². The van der Waals surface area contributed by atoms with Gasteiger partial charge in [0.2, 0.25) is 0 Å². The number of halogens is 3. The Hall–Kier alpha value is -3.95. The molecule has 2 aliphatic heterocycles. The summed E-state index contributed by atoms with van der Waals surface area (Å²) in [6.45, 7) is 2.96. The van der Waals surface area contributed by atoms with Gasteiger partial charge in [0.05, 0.1) is 24.5 Å². The van der Waals surface area contributed by atoms with E-state index in [1.165, 1.54) is 33.1 Å². The van der Waals surface area contributed by atoms with Crippen LogP contribution in [0.5, 0.6) is 0 Å². The summed E-state index contributed by atoms with van der Waals surface area (Å²) in [5.74, 6) is -1.12. The first-order chi connectivity index (χ1) is 24.3. The Morgan fingerprint density at radius 1 is 0.558 bits per heavy atom. The molecule has 0 N–H and O–H groups in total. The number of hydrogen-bond donors (Lipinski definition) is 0. The fraction of sp³-hybridized carbons (Fsp3) is 0.136. The Bertz CT molecular complexity index is 2130. The first kappa shape index (κ1) is 40.8. The van der Waals surface area contributed by atoms with Gasteiger partial charge in [-0.05, 0) is 83.1 Å². The number of amides is 2. The van der Waals surface area contributed by atoms with Crippen molar-refractivity contribution in [3.05, 3.63) is 201 Å². The summed E-state index contributed by atoms with van der Waals surface area (Å²) in [7, 11) is 0. The summed E-state index contributed by atoms with van der Waals surface area (Å²) in [5.41, 5.74) is 7.37. The molecule has 0 radical (unpaired) electrons. The fourth-order valence-corrected chi connectivity index (χ4v) is 6.18. The molecule has 6 aromatic carbocycles. The van der Waals surface area contributed by atoms with E-state index in [1.807, 2.05) is 42.5 Å². The van der Waals surface area contributed by atoms with Crippen LogP contribution in [0.3, 0.4) is 0 Å². The van der Waals surface area contributed by atoms with Crippen molar-refractivity contribution in [1.29, 1.82) is 0 Å². The number of carbonyl (C=O) groups is 2. The zero-order valence-electron chi connectivity index (χ0n) is 28.5. The van der Waals surface area contributed by atoms with E-state index in [2.05, 4.69) is 43.3 Å². The van der Waals surface area contributed by atoms with Crippen molar-refractivity contribution in [3.8, 4) is 0 Å². The molecule has 0 saturated carbocycles. The quantitative estimate of drug-likeness (QED) is 0.168. The minimum absolute atomic E-state index is 0. The molecule has 2 heterocycles. The Morgan fingerprint density at radius 3 is 1.48 bits per heavy atom. The van der Waals surface area contributed by atoms with E-state index in [0.29, 0.717) is 40.6 Å². The zero-order valence-corrected chi connectivity index (χ0v) is 32.4. The van der Waals surface area contributed by atoms with E-state index in [0.717, 1.165) is 29.5 Å². The van der Waals surface area contributed by atoms with Gasteiger partial charge < -0.3 is 9.80 Å². The predicted octanol–water partition coefficient (Wildman–Crippen LogP) is 8.11. The molecule has 2 amide bonds. The van der Waals surface area contributed by atoms with Gasteiger partial charge >= 0.3 is 51.4 Å². The maximum Gasteiger partial charge on any atom is 1.00 e. The van der Waals surface area contributed by atoms with Gasteiger partial charge in [-0.25, -0.2) is 8.78 Å². The molecule has 52 heavy (non-hydrogen) atoms. The van der Waals surface area contributed by atoms with E-state index in [-0.39, 0.29) is 76.4 Å². The van der Waals surface area contributed by atoms with Gasteiger partial charge in [-0.3, -0.25) is 9.59 Å². The number of anilines is 2. The zero-order chi connectivity index (χ0) is 35.0. The molecule has 0 spiro atoms. The Balaban J connectivity index is 0.000000191. The molecule has 8 rings (SSSR count). The largest absolute Gasteiger partial charge is 1.00 e. The maximum absolute atomic E-state index is 14.0. The molecular formula is C44H39ClF2KN2O2+. The van der Waals surface area contributed by atoms with Crippen LogP contribution in [0.1, 0.15) is 62.9 Å². The van der Waals surface area contributed by atoms with E-state index in [9.17, 15) is 18.4 Å². The first-order valence-electron chi connectivity index (χ1n) is 16.4. The third-order valence-electron chi connectivity index (χ3n) is 8.64. The summed E-state index contributed by atoms with van der Waals surface area (Å²) >= 11 is 5.87. The van der Waals surface area contributed by atoms with Crippen LogP contribution in [-0.2, 0) is 25.9 Å². The summed E-state index contributed by atoms with van der Waals surface area (Å²) < 4.78 is 27.7. The van der Waals surface area contributed by atoms with Gasteiger partial charge in [0.15, 0.2) is 0 Å². The summed E-state index contributed by atoms with van der Waals surface area (Å²) in [6.07, 6.45) is 1.92. The fourth-order valence-electron chi connectivity index (χ4n) is 6.01. The van der Waals surface area contributed by atoms with Crippen molar-refractivity contribution in [2.75, 3.05) is 9.80 Å². The van der Waals surface area contributed by atoms with E-state index in [4.69, 9.17) is 11.6 Å². The summed E-state index contributed by atoms with van der Waals surface area (Å²) in [5, 5.41) is 0.512. The number of benzene rings is 6. The molecule has 0 unspecified atom stereocenters. The summed E-state index contributed by atoms with van der Waals surface area (Å²) in [6, 6.07) is 44.4. The molecule has 0 aliphatic carbocycles. The van der Waals surface area contributed by atoms with Crippen LogP contribution in [-0.4, -0.2) is 11.8 Å². The molecule has 4 nitrogen and oxygen atoms in total. The second-order valence-electron chi connectivity index (χ2n) is 12.0. The number of hydrogen-bond acceptors (Lipinski definition) is 2. The third-order valence-corrected chi connectivity index (χ3v) is 8.88. The molecule has 2 aliphatic rings. The van der Waals surface area contributed by atoms with Gasteiger partial charge in [-0.2, -0.15) is 0 Å². The van der Waals surface area contributed by atoms with Crippen molar-refractivity contribution in [2.45, 2.75) is 40.3 Å². The Labute approximate surface area is 352 Å². The minimum atomic E-state index is -0.398. The van der Waals surface area contributed by atoms with Crippen LogP contribution in [0, 0.1) is 11.6 Å². The average Bonchev–Trinajstić information content (AvgIpc) is 3.65. The molecule has 258 valence electrons. The number of nitrogens with zero attached hydrogens (tertiary/aromatic N) is 2. The normalized spacial score (nSPS) is 12.3. The summed E-state index contributed by atoms with van der Waals surface area (Å²) in [4.78, 5) is 27.8. The van der Waals surface area contributed by atoms with Crippen LogP contribution < -0.4 is 61.2 Å². The van der Waals surface area contributed by atoms with Gasteiger partial charge in [0.25, 0.3) is 11.8 Å². The van der Waals surface area contributed by atoms with Crippen molar-refractivity contribution < 1.29 is 69.8 Å². The number of carbonyl (C=O) groups excluding carboxylic acids is 2. The van der Waals surface area contributed by atoms with Crippen molar-refractivity contribution in [1.82, 2.24) is 0 Å². The Kier molecular flexibility index (Phi) is 15.1. The molecule has 0 saturated heterocycles. The third kappa shape index (κ3) is 9.72. The van der Waals surface area contributed by atoms with E-state index < -0.39 is 5.82 Å². The smallest absolute Gasteiger partial charge is 0.301 e. The monoisotopic (exact) mass is 739 g/mol. The standard InChI is InChI=1S/C21H16FNO.C14H9ClFNO.C8H10.CH4.K/c22-19-8-4-5-9-20(19)23-14-17-11-10-16(13-18(17)21(23)24)12-15-6-2-1-3-7-15;15-10-6-5-9-8-17(14(18)11(9)7-10)13-4-2-1-3-12(13)16;1-2-8-6-4-3-5-7-8;;/h1-11,13H,12,14H2;1-7H,8H2;3-7H,2H2,1H3;1H4;/q;;;;+1. The van der Waals surface area contributed by atoms with Gasteiger partial charge in [0, 0.05) is 16.1 Å². The molecule has 0 aromatic heterocycles. The van der Waals surface area contributed by atoms with Crippen molar-refractivity contribution in [3.63, 3.8) is 0 Å². The Morgan fingerprint density at radius 2 is 1.00 bits per heavy atom. The average molecular weight is 740 g/mol. The number of para-hydroxylation sites is 2.